The fraction of sp³-hybridized carbons (Fsp3) is 0.273. The molecule has 0 aliphatic carbocycles. The van der Waals surface area contributed by atoms with Gasteiger partial charge in [-0.05, 0) is 6.92 Å². The third-order valence-electron chi connectivity index (χ3n) is 2.47. The van der Waals surface area contributed by atoms with Crippen LogP contribution in [0, 0.1) is 23.3 Å². The number of hydrogen-bond acceptors (Lipinski definition) is 6. The minimum absolute atomic E-state index is 1.01. The van der Waals surface area contributed by atoms with Crippen molar-refractivity contribution < 1.29 is 58.4 Å². The Labute approximate surface area is 154 Å². The summed E-state index contributed by atoms with van der Waals surface area (Å²) in [4.78, 5) is 22.2. The van der Waals surface area contributed by atoms with Gasteiger partial charge in [-0.2, -0.15) is 34.8 Å². The number of halogens is 7. The van der Waals surface area contributed by atoms with Gasteiger partial charge in [0.15, 0.2) is 0 Å². The third-order valence-corrected chi connectivity index (χ3v) is 3.79. The Bertz CT molecular complexity index is 841. The van der Waals surface area contributed by atoms with Gasteiger partial charge in [-0.25, -0.2) is 4.79 Å². The van der Waals surface area contributed by atoms with Crippen LogP contribution in [0.5, 0.6) is 11.5 Å². The van der Waals surface area contributed by atoms with Crippen molar-refractivity contribution in [2.24, 2.45) is 0 Å². The van der Waals surface area contributed by atoms with Gasteiger partial charge in [-0.3, -0.25) is 9.35 Å². The van der Waals surface area contributed by atoms with Gasteiger partial charge in [0.25, 0.3) is 0 Å². The zero-order valence-electron chi connectivity index (χ0n) is 12.0. The highest BCUT2D eigenvalue weighted by atomic mass is 127. The molecule has 0 fully saturated rings. The molecule has 7 nitrogen and oxygen atoms in total. The second kappa shape index (κ2) is 7.55. The Kier molecular flexibility index (Phi) is 6.51. The molecule has 0 aromatic heterocycles. The first-order chi connectivity index (χ1) is 11.6. The first kappa shape index (κ1) is 22.4. The van der Waals surface area contributed by atoms with E-state index in [0.29, 0.717) is 0 Å². The Morgan fingerprint density at radius 3 is 1.65 bits per heavy atom. The molecule has 1 aromatic carbocycles. The van der Waals surface area contributed by atoms with Crippen molar-refractivity contribution in [3.8, 4) is 11.5 Å². The van der Waals surface area contributed by atoms with E-state index >= 15 is 0 Å². The summed E-state index contributed by atoms with van der Waals surface area (Å²) in [6, 6.07) is 0. The molecule has 0 heterocycles. The molecule has 0 amide bonds. The van der Waals surface area contributed by atoms with E-state index in [9.17, 15) is 44.3 Å². The van der Waals surface area contributed by atoms with Crippen LogP contribution in [0.15, 0.2) is 0 Å². The number of benzene rings is 1. The highest BCUT2D eigenvalue weighted by Gasteiger charge is 2.55. The van der Waals surface area contributed by atoms with Crippen LogP contribution in [0.4, 0.5) is 26.3 Å². The Hall–Kier alpha value is -1.62. The van der Waals surface area contributed by atoms with E-state index in [4.69, 9.17) is 4.55 Å². The summed E-state index contributed by atoms with van der Waals surface area (Å²) >= 11 is 1.43. The van der Waals surface area contributed by atoms with Crippen LogP contribution in [-0.2, 0) is 19.7 Å². The fourth-order valence-corrected chi connectivity index (χ4v) is 1.59. The summed E-state index contributed by atoms with van der Waals surface area (Å²) in [7, 11) is -6.41. The molecule has 1 aromatic rings. The van der Waals surface area contributed by atoms with E-state index in [1.54, 1.807) is 0 Å². The van der Waals surface area contributed by atoms with Gasteiger partial charge in [0, 0.05) is 0 Å². The second-order valence-corrected chi connectivity index (χ2v) is 7.66. The number of hydrogen-bond donors (Lipinski definition) is 1. The molecule has 146 valence electrons. The summed E-state index contributed by atoms with van der Waals surface area (Å²) in [5.41, 5.74) is 0. The number of alkyl halides is 3. The van der Waals surface area contributed by atoms with Crippen molar-refractivity contribution in [3.05, 3.63) is 23.3 Å². The third kappa shape index (κ3) is 4.20. The number of ether oxygens (including phenoxy) is 2. The molecule has 0 spiro atoms. The molecule has 26 heavy (non-hydrogen) atoms. The molecule has 1 N–H and O–H groups in total. The highest BCUT2D eigenvalue weighted by molar-refractivity contribution is 14.1. The molecule has 0 aliphatic rings. The lowest BCUT2D eigenvalue weighted by Crippen LogP contribution is -2.40. The lowest BCUT2D eigenvalue weighted by atomic mass is 10.2. The zero-order valence-corrected chi connectivity index (χ0v) is 15.0. The van der Waals surface area contributed by atoms with E-state index in [-0.39, 0.29) is 0 Å². The number of carbonyl (C=O) groups is 2. The molecule has 1 atom stereocenters. The van der Waals surface area contributed by atoms with Crippen LogP contribution < -0.4 is 9.47 Å². The second-order valence-electron chi connectivity index (χ2n) is 4.33. The summed E-state index contributed by atoms with van der Waals surface area (Å²) in [6.45, 7) is 1.19. The predicted octanol–water partition coefficient (Wildman–Crippen LogP) is 2.36. The Morgan fingerprint density at radius 2 is 1.35 bits per heavy atom. The maximum absolute atomic E-state index is 13.7. The quantitative estimate of drug-likeness (QED) is 0.120. The smallest absolute Gasteiger partial charge is 0.419 e. The van der Waals surface area contributed by atoms with Gasteiger partial charge < -0.3 is 9.47 Å². The van der Waals surface area contributed by atoms with E-state index in [0.717, 1.165) is 0 Å². The SMILES string of the molecule is CC(I)C(=O)Oc1c(F)c(F)c(OC(=O)C(F)(F)S(=O)(=O)O)c(F)c1F. The van der Waals surface area contributed by atoms with Gasteiger partial charge in [0.2, 0.25) is 34.8 Å². The van der Waals surface area contributed by atoms with Crippen molar-refractivity contribution in [3.63, 3.8) is 0 Å². The van der Waals surface area contributed by atoms with Crippen molar-refractivity contribution in [1.29, 1.82) is 0 Å². The summed E-state index contributed by atoms with van der Waals surface area (Å²) < 4.78 is 116. The van der Waals surface area contributed by atoms with Crippen LogP contribution in [0.25, 0.3) is 0 Å². The van der Waals surface area contributed by atoms with Crippen molar-refractivity contribution in [2.45, 2.75) is 16.1 Å². The molecular weight excluding hydrogens is 517 g/mol. The average Bonchev–Trinajstić information content (AvgIpc) is 2.51. The number of esters is 2. The van der Waals surface area contributed by atoms with Gasteiger partial charge in [-0.15, -0.1) is 0 Å². The van der Waals surface area contributed by atoms with Crippen molar-refractivity contribution in [1.82, 2.24) is 0 Å². The number of carbonyl (C=O) groups excluding carboxylic acids is 2. The maximum Gasteiger partial charge on any atom is 0.466 e. The van der Waals surface area contributed by atoms with Crippen LogP contribution in [0.3, 0.4) is 0 Å². The van der Waals surface area contributed by atoms with E-state index in [2.05, 4.69) is 9.47 Å². The molecular formula is C11H5F6IO7S. The topological polar surface area (TPSA) is 107 Å². The molecule has 15 heteroatoms. The van der Waals surface area contributed by atoms with E-state index in [1.807, 2.05) is 0 Å². The standard InChI is InChI=1S/C11H5F6IO7S/c1-2(18)9(19)24-7-3(12)5(14)8(6(15)4(7)13)25-10(20)11(16,17)26(21,22)23/h2H,1H3,(H,21,22,23). The minimum Gasteiger partial charge on any atom is -0.419 e. The number of rotatable bonds is 5. The Morgan fingerprint density at radius 1 is 1.00 bits per heavy atom. The van der Waals surface area contributed by atoms with Gasteiger partial charge in [0.05, 0.1) is 0 Å². The van der Waals surface area contributed by atoms with Crippen LogP contribution >= 0.6 is 22.6 Å². The molecule has 0 aliphatic heterocycles. The Balaban J connectivity index is 3.41. The van der Waals surface area contributed by atoms with Crippen LogP contribution in [-0.4, -0.2) is 34.1 Å². The normalized spacial score (nSPS) is 13.3. The van der Waals surface area contributed by atoms with Crippen LogP contribution in [0.2, 0.25) is 0 Å². The summed E-state index contributed by atoms with van der Waals surface area (Å²) in [5.74, 6) is -18.8. The summed E-state index contributed by atoms with van der Waals surface area (Å²) in [6.07, 6.45) is 0. The molecule has 1 rings (SSSR count). The van der Waals surface area contributed by atoms with Crippen LogP contribution in [0.1, 0.15) is 6.92 Å². The van der Waals surface area contributed by atoms with Gasteiger partial charge >= 0.3 is 27.3 Å². The van der Waals surface area contributed by atoms with E-state index in [1.165, 1.54) is 29.5 Å². The highest BCUT2D eigenvalue weighted by Crippen LogP contribution is 2.36. The van der Waals surface area contributed by atoms with Crippen molar-refractivity contribution >= 4 is 44.6 Å². The van der Waals surface area contributed by atoms with Crippen molar-refractivity contribution in [2.75, 3.05) is 0 Å². The first-order valence-electron chi connectivity index (χ1n) is 5.91. The fourth-order valence-electron chi connectivity index (χ4n) is 1.21. The molecule has 0 radical (unpaired) electrons. The molecule has 0 saturated carbocycles. The van der Waals surface area contributed by atoms with Gasteiger partial charge in [0.1, 0.15) is 3.92 Å². The average molecular weight is 522 g/mol. The lowest BCUT2D eigenvalue weighted by molar-refractivity contribution is -0.151. The predicted molar refractivity (Wildman–Crippen MR) is 77.5 cm³/mol. The molecule has 1 unspecified atom stereocenters. The minimum atomic E-state index is -6.41. The largest absolute Gasteiger partial charge is 0.466 e. The maximum atomic E-state index is 13.7. The molecule has 0 bridgehead atoms. The van der Waals surface area contributed by atoms with E-state index < -0.39 is 66.0 Å². The van der Waals surface area contributed by atoms with Gasteiger partial charge in [-0.1, -0.05) is 22.6 Å². The monoisotopic (exact) mass is 522 g/mol. The molecule has 0 saturated heterocycles. The lowest BCUT2D eigenvalue weighted by Gasteiger charge is -2.15. The first-order valence-corrected chi connectivity index (χ1v) is 8.60. The summed E-state index contributed by atoms with van der Waals surface area (Å²) in [5, 5.41) is -5.69. The zero-order chi connectivity index (χ0) is 20.6.